The monoisotopic (exact) mass is 349 g/mol. The Balaban J connectivity index is 1.87. The molecule has 2 rings (SSSR count). The van der Waals surface area contributed by atoms with Crippen LogP contribution in [0, 0.1) is 5.82 Å². The van der Waals surface area contributed by atoms with E-state index in [1.807, 2.05) is 31.7 Å². The minimum absolute atomic E-state index is 0.0235. The van der Waals surface area contributed by atoms with Crippen molar-refractivity contribution in [1.82, 2.24) is 9.80 Å². The molecule has 25 heavy (non-hydrogen) atoms. The van der Waals surface area contributed by atoms with Gasteiger partial charge in [0.2, 0.25) is 11.8 Å². The lowest BCUT2D eigenvalue weighted by atomic mass is 10.1. The maximum Gasteiger partial charge on any atom is 0.224 e. The van der Waals surface area contributed by atoms with Crippen LogP contribution in [0.15, 0.2) is 24.3 Å². The van der Waals surface area contributed by atoms with E-state index < -0.39 is 0 Å². The Kier molecular flexibility index (Phi) is 6.03. The van der Waals surface area contributed by atoms with E-state index in [0.717, 1.165) is 0 Å². The number of hydrogen-bond donors (Lipinski definition) is 0. The highest BCUT2D eigenvalue weighted by molar-refractivity contribution is 5.78. The quantitative estimate of drug-likeness (QED) is 0.839. The Morgan fingerprint density at radius 2 is 1.72 bits per heavy atom. The van der Waals surface area contributed by atoms with Crippen molar-refractivity contribution in [3.8, 4) is 0 Å². The molecule has 0 spiro atoms. The van der Waals surface area contributed by atoms with Gasteiger partial charge in [-0.05, 0) is 32.9 Å². The molecule has 0 radical (unpaired) electrons. The van der Waals surface area contributed by atoms with E-state index in [-0.39, 0.29) is 23.2 Å². The average molecular weight is 349 g/mol. The molecule has 0 bridgehead atoms. The van der Waals surface area contributed by atoms with Gasteiger partial charge in [0, 0.05) is 51.6 Å². The van der Waals surface area contributed by atoms with Crippen molar-refractivity contribution in [2.24, 2.45) is 0 Å². The first-order valence-electron chi connectivity index (χ1n) is 8.75. The summed E-state index contributed by atoms with van der Waals surface area (Å²) >= 11 is 0. The third-order valence-electron chi connectivity index (χ3n) is 4.56. The van der Waals surface area contributed by atoms with Gasteiger partial charge in [0.15, 0.2) is 0 Å². The number of rotatable bonds is 4. The smallest absolute Gasteiger partial charge is 0.224 e. The number of halogens is 1. The van der Waals surface area contributed by atoms with Crippen molar-refractivity contribution >= 4 is 17.5 Å². The number of anilines is 1. The molecular weight excluding hydrogens is 321 g/mol. The van der Waals surface area contributed by atoms with Crippen LogP contribution in [0.25, 0.3) is 0 Å². The van der Waals surface area contributed by atoms with Crippen molar-refractivity contribution in [3.05, 3.63) is 30.1 Å². The van der Waals surface area contributed by atoms with Crippen molar-refractivity contribution in [3.63, 3.8) is 0 Å². The fourth-order valence-electron chi connectivity index (χ4n) is 3.24. The second kappa shape index (κ2) is 7.85. The number of para-hydroxylation sites is 1. The predicted octanol–water partition coefficient (Wildman–Crippen LogP) is 2.51. The van der Waals surface area contributed by atoms with Gasteiger partial charge < -0.3 is 14.7 Å². The average Bonchev–Trinajstić information content (AvgIpc) is 2.54. The van der Waals surface area contributed by atoms with Crippen LogP contribution in [-0.4, -0.2) is 59.9 Å². The first-order valence-corrected chi connectivity index (χ1v) is 8.75. The van der Waals surface area contributed by atoms with E-state index in [4.69, 9.17) is 0 Å². The number of carbonyl (C=O) groups is 2. The molecule has 0 aliphatic carbocycles. The topological polar surface area (TPSA) is 43.9 Å². The summed E-state index contributed by atoms with van der Waals surface area (Å²) in [6.45, 7) is 10.2. The number of nitrogens with zero attached hydrogens (tertiary/aromatic N) is 3. The second-order valence-electron chi connectivity index (χ2n) is 7.41. The zero-order valence-corrected chi connectivity index (χ0v) is 15.6. The Morgan fingerprint density at radius 3 is 2.24 bits per heavy atom. The number of carbonyl (C=O) groups excluding carboxylic acids is 2. The molecule has 1 aromatic carbocycles. The number of hydrogen-bond acceptors (Lipinski definition) is 3. The summed E-state index contributed by atoms with van der Waals surface area (Å²) in [4.78, 5) is 29.7. The van der Waals surface area contributed by atoms with Gasteiger partial charge in [-0.2, -0.15) is 0 Å². The highest BCUT2D eigenvalue weighted by Gasteiger charge is 2.27. The summed E-state index contributed by atoms with van der Waals surface area (Å²) in [6.07, 6.45) is 0.316. The molecule has 6 heteroatoms. The van der Waals surface area contributed by atoms with Crippen molar-refractivity contribution in [2.75, 3.05) is 37.6 Å². The fraction of sp³-hybridized carbons (Fsp3) is 0.579. The maximum atomic E-state index is 13.9. The van der Waals surface area contributed by atoms with Crippen LogP contribution in [0.4, 0.5) is 10.1 Å². The molecule has 0 unspecified atom stereocenters. The van der Waals surface area contributed by atoms with Crippen LogP contribution in [0.2, 0.25) is 0 Å². The number of amides is 2. The van der Waals surface area contributed by atoms with Gasteiger partial charge in [-0.3, -0.25) is 9.59 Å². The SMILES string of the molecule is CC(=O)N(CCC(=O)N1CCN(c2ccccc2F)CC1)C(C)(C)C. The van der Waals surface area contributed by atoms with Crippen LogP contribution < -0.4 is 4.90 Å². The molecule has 1 aliphatic heterocycles. The summed E-state index contributed by atoms with van der Waals surface area (Å²) in [5, 5.41) is 0. The molecule has 1 aromatic rings. The molecule has 0 aromatic heterocycles. The molecule has 0 saturated carbocycles. The highest BCUT2D eigenvalue weighted by Crippen LogP contribution is 2.20. The van der Waals surface area contributed by atoms with Gasteiger partial charge in [0.1, 0.15) is 5.82 Å². The van der Waals surface area contributed by atoms with E-state index in [1.165, 1.54) is 13.0 Å². The molecule has 1 saturated heterocycles. The standard InChI is InChI=1S/C19H28FN3O2/c1-15(24)23(19(2,3)4)10-9-18(25)22-13-11-21(12-14-22)17-8-6-5-7-16(17)20/h5-8H,9-14H2,1-4H3. The van der Waals surface area contributed by atoms with Gasteiger partial charge in [-0.1, -0.05) is 12.1 Å². The molecule has 1 fully saturated rings. The highest BCUT2D eigenvalue weighted by atomic mass is 19.1. The summed E-state index contributed by atoms with van der Waals surface area (Å²) in [5.74, 6) is -0.210. The molecule has 1 aliphatic rings. The normalized spacial score (nSPS) is 15.2. The third-order valence-corrected chi connectivity index (χ3v) is 4.56. The number of benzene rings is 1. The maximum absolute atomic E-state index is 13.9. The Morgan fingerprint density at radius 1 is 1.12 bits per heavy atom. The van der Waals surface area contributed by atoms with Crippen LogP contribution in [0.3, 0.4) is 0 Å². The van der Waals surface area contributed by atoms with Gasteiger partial charge in [-0.25, -0.2) is 4.39 Å². The van der Waals surface area contributed by atoms with E-state index in [1.54, 1.807) is 21.9 Å². The van der Waals surface area contributed by atoms with Gasteiger partial charge in [0.05, 0.1) is 5.69 Å². The molecule has 1 heterocycles. The minimum atomic E-state index is -0.296. The zero-order valence-electron chi connectivity index (χ0n) is 15.6. The zero-order chi connectivity index (χ0) is 18.6. The number of piperazine rings is 1. The molecule has 0 atom stereocenters. The summed E-state index contributed by atoms with van der Waals surface area (Å²) in [5.41, 5.74) is 0.292. The first-order chi connectivity index (χ1) is 11.7. The summed E-state index contributed by atoms with van der Waals surface area (Å²) in [6, 6.07) is 6.71. The first kappa shape index (κ1) is 19.2. The molecule has 0 N–H and O–H groups in total. The van der Waals surface area contributed by atoms with Crippen LogP contribution >= 0.6 is 0 Å². The molecule has 2 amide bonds. The lowest BCUT2D eigenvalue weighted by molar-refractivity contribution is -0.136. The van der Waals surface area contributed by atoms with Crippen molar-refractivity contribution in [2.45, 2.75) is 39.7 Å². The van der Waals surface area contributed by atoms with Crippen LogP contribution in [0.1, 0.15) is 34.1 Å². The predicted molar refractivity (Wildman–Crippen MR) is 97.0 cm³/mol. The van der Waals surface area contributed by atoms with E-state index in [2.05, 4.69) is 0 Å². The Labute approximate surface area is 149 Å². The molecular formula is C19H28FN3O2. The molecule has 5 nitrogen and oxygen atoms in total. The molecule has 138 valence electrons. The Hall–Kier alpha value is -2.11. The van der Waals surface area contributed by atoms with Gasteiger partial charge >= 0.3 is 0 Å². The van der Waals surface area contributed by atoms with Crippen LogP contribution in [-0.2, 0) is 9.59 Å². The fourth-order valence-corrected chi connectivity index (χ4v) is 3.24. The van der Waals surface area contributed by atoms with E-state index in [9.17, 15) is 14.0 Å². The second-order valence-corrected chi connectivity index (χ2v) is 7.41. The minimum Gasteiger partial charge on any atom is -0.366 e. The van der Waals surface area contributed by atoms with Crippen LogP contribution in [0.5, 0.6) is 0 Å². The lowest BCUT2D eigenvalue weighted by Gasteiger charge is -2.38. The van der Waals surface area contributed by atoms with E-state index >= 15 is 0 Å². The Bertz CT molecular complexity index is 619. The van der Waals surface area contributed by atoms with Crippen molar-refractivity contribution < 1.29 is 14.0 Å². The van der Waals surface area contributed by atoms with Gasteiger partial charge in [0.25, 0.3) is 0 Å². The summed E-state index contributed by atoms with van der Waals surface area (Å²) < 4.78 is 13.9. The van der Waals surface area contributed by atoms with Gasteiger partial charge in [-0.15, -0.1) is 0 Å². The third kappa shape index (κ3) is 4.94. The largest absolute Gasteiger partial charge is 0.366 e. The lowest BCUT2D eigenvalue weighted by Crippen LogP contribution is -2.50. The van der Waals surface area contributed by atoms with Crippen molar-refractivity contribution in [1.29, 1.82) is 0 Å². The summed E-state index contributed by atoms with van der Waals surface area (Å²) in [7, 11) is 0. The van der Waals surface area contributed by atoms with E-state index in [0.29, 0.717) is 44.8 Å².